The molecule has 0 radical (unpaired) electrons. The van der Waals surface area contributed by atoms with E-state index in [9.17, 15) is 4.39 Å². The van der Waals surface area contributed by atoms with E-state index in [1.807, 2.05) is 4.57 Å². The summed E-state index contributed by atoms with van der Waals surface area (Å²) in [6.07, 6.45) is 3.53. The van der Waals surface area contributed by atoms with E-state index < -0.39 is 0 Å². The molecule has 1 saturated carbocycles. The largest absolute Gasteiger partial charge is 0.369 e. The maximum Gasteiger partial charge on any atom is 0.201 e. The zero-order valence-corrected chi connectivity index (χ0v) is 11.4. The van der Waals surface area contributed by atoms with Gasteiger partial charge in [-0.05, 0) is 51.6 Å². The molecule has 4 nitrogen and oxygen atoms in total. The van der Waals surface area contributed by atoms with Crippen LogP contribution >= 0.6 is 0 Å². The average Bonchev–Trinajstić information content (AvgIpc) is 2.59. The lowest BCUT2D eigenvalue weighted by atomic mass is 9.75. The Morgan fingerprint density at radius 2 is 2.16 bits per heavy atom. The lowest BCUT2D eigenvalue weighted by Crippen LogP contribution is -2.53. The van der Waals surface area contributed by atoms with Crippen LogP contribution in [-0.4, -0.2) is 34.1 Å². The number of nitrogen functional groups attached to an aromatic ring is 1. The number of hydrogen-bond donors (Lipinski definition) is 1. The number of nitrogens with two attached hydrogens (primary N) is 1. The number of hydrogen-bond acceptors (Lipinski definition) is 3. The van der Waals surface area contributed by atoms with E-state index in [0.717, 1.165) is 30.4 Å². The molecule has 1 aliphatic carbocycles. The van der Waals surface area contributed by atoms with Crippen molar-refractivity contribution in [1.29, 1.82) is 0 Å². The molecule has 19 heavy (non-hydrogen) atoms. The van der Waals surface area contributed by atoms with E-state index >= 15 is 0 Å². The van der Waals surface area contributed by atoms with Gasteiger partial charge in [0.05, 0.1) is 11.0 Å². The molecule has 0 spiro atoms. The van der Waals surface area contributed by atoms with E-state index in [1.165, 1.54) is 18.6 Å². The summed E-state index contributed by atoms with van der Waals surface area (Å²) < 4.78 is 15.4. The van der Waals surface area contributed by atoms with Gasteiger partial charge in [0.25, 0.3) is 0 Å². The van der Waals surface area contributed by atoms with Crippen LogP contribution in [0.5, 0.6) is 0 Å². The summed E-state index contributed by atoms with van der Waals surface area (Å²) in [6.45, 7) is 0.770. The third kappa shape index (κ3) is 1.89. The van der Waals surface area contributed by atoms with E-state index in [2.05, 4.69) is 24.0 Å². The first kappa shape index (κ1) is 12.4. The first-order chi connectivity index (χ1) is 9.02. The van der Waals surface area contributed by atoms with E-state index in [-0.39, 0.29) is 11.4 Å². The van der Waals surface area contributed by atoms with Crippen molar-refractivity contribution < 1.29 is 4.39 Å². The molecule has 0 amide bonds. The standard InChI is InChI=1S/C14H19FN4/c1-18(2)14(6-3-7-14)9-19-12-8-10(15)4-5-11(12)17-13(19)16/h4-5,8H,3,6-7,9H2,1-2H3,(H2,16,17). The second kappa shape index (κ2) is 4.20. The Bertz CT molecular complexity index is 613. The molecule has 1 aliphatic rings. The van der Waals surface area contributed by atoms with Crippen molar-refractivity contribution in [3.8, 4) is 0 Å². The van der Waals surface area contributed by atoms with Crippen molar-refractivity contribution in [3.63, 3.8) is 0 Å². The van der Waals surface area contributed by atoms with Crippen LogP contribution in [0.1, 0.15) is 19.3 Å². The highest BCUT2D eigenvalue weighted by atomic mass is 19.1. The molecule has 0 aliphatic heterocycles. The highest BCUT2D eigenvalue weighted by molar-refractivity contribution is 5.78. The number of imidazole rings is 1. The van der Waals surface area contributed by atoms with Gasteiger partial charge in [0, 0.05) is 12.1 Å². The van der Waals surface area contributed by atoms with Crippen molar-refractivity contribution in [3.05, 3.63) is 24.0 Å². The number of anilines is 1. The predicted octanol–water partition coefficient (Wildman–Crippen LogP) is 2.24. The van der Waals surface area contributed by atoms with Crippen molar-refractivity contribution in [2.24, 2.45) is 0 Å². The van der Waals surface area contributed by atoms with Crippen LogP contribution in [-0.2, 0) is 6.54 Å². The second-order valence-corrected chi connectivity index (χ2v) is 5.66. The third-order valence-electron chi connectivity index (χ3n) is 4.43. The topological polar surface area (TPSA) is 47.1 Å². The highest BCUT2D eigenvalue weighted by Gasteiger charge is 2.40. The molecule has 5 heteroatoms. The Hall–Kier alpha value is -1.62. The van der Waals surface area contributed by atoms with Gasteiger partial charge in [0.2, 0.25) is 5.95 Å². The number of aromatic nitrogens is 2. The van der Waals surface area contributed by atoms with Crippen LogP contribution < -0.4 is 5.73 Å². The Morgan fingerprint density at radius 3 is 2.74 bits per heavy atom. The fourth-order valence-corrected chi connectivity index (χ4v) is 2.91. The molecule has 2 N–H and O–H groups in total. The molecular formula is C14H19FN4. The summed E-state index contributed by atoms with van der Waals surface area (Å²) in [5, 5.41) is 0. The maximum atomic E-state index is 13.4. The van der Waals surface area contributed by atoms with Gasteiger partial charge in [-0.25, -0.2) is 9.37 Å². The molecule has 1 aromatic heterocycles. The molecule has 3 rings (SSSR count). The van der Waals surface area contributed by atoms with Gasteiger partial charge in [0.1, 0.15) is 5.82 Å². The summed E-state index contributed by atoms with van der Waals surface area (Å²) in [5.41, 5.74) is 7.67. The normalized spacial score (nSPS) is 17.9. The number of rotatable bonds is 3. The summed E-state index contributed by atoms with van der Waals surface area (Å²) in [4.78, 5) is 6.56. The molecule has 1 heterocycles. The Kier molecular flexibility index (Phi) is 2.74. The van der Waals surface area contributed by atoms with Crippen LogP contribution in [0, 0.1) is 5.82 Å². The van der Waals surface area contributed by atoms with Gasteiger partial charge >= 0.3 is 0 Å². The lowest BCUT2D eigenvalue weighted by Gasteiger charge is -2.47. The Morgan fingerprint density at radius 1 is 1.42 bits per heavy atom. The molecule has 0 saturated heterocycles. The van der Waals surface area contributed by atoms with Crippen molar-refractivity contribution >= 4 is 17.0 Å². The lowest BCUT2D eigenvalue weighted by molar-refractivity contribution is 0.0440. The minimum absolute atomic E-state index is 0.133. The molecule has 0 unspecified atom stereocenters. The van der Waals surface area contributed by atoms with Gasteiger partial charge in [0.15, 0.2) is 0 Å². The van der Waals surface area contributed by atoms with E-state index in [1.54, 1.807) is 6.07 Å². The van der Waals surface area contributed by atoms with Crippen molar-refractivity contribution in [2.45, 2.75) is 31.3 Å². The Balaban J connectivity index is 2.05. The van der Waals surface area contributed by atoms with Gasteiger partial charge in [-0.2, -0.15) is 0 Å². The Labute approximate surface area is 112 Å². The average molecular weight is 262 g/mol. The molecular weight excluding hydrogens is 243 g/mol. The quantitative estimate of drug-likeness (QED) is 0.922. The van der Waals surface area contributed by atoms with Crippen LogP contribution in [0.2, 0.25) is 0 Å². The molecule has 102 valence electrons. The zero-order valence-electron chi connectivity index (χ0n) is 11.4. The van der Waals surface area contributed by atoms with Crippen LogP contribution in [0.25, 0.3) is 11.0 Å². The molecule has 1 aromatic carbocycles. The number of fused-ring (bicyclic) bond motifs is 1. The fraction of sp³-hybridized carbons (Fsp3) is 0.500. The van der Waals surface area contributed by atoms with Crippen LogP contribution in [0.15, 0.2) is 18.2 Å². The predicted molar refractivity (Wildman–Crippen MR) is 74.4 cm³/mol. The van der Waals surface area contributed by atoms with Gasteiger partial charge in [-0.15, -0.1) is 0 Å². The van der Waals surface area contributed by atoms with E-state index in [4.69, 9.17) is 5.73 Å². The first-order valence-corrected chi connectivity index (χ1v) is 6.61. The van der Waals surface area contributed by atoms with Gasteiger partial charge in [-0.3, -0.25) is 0 Å². The maximum absolute atomic E-state index is 13.4. The second-order valence-electron chi connectivity index (χ2n) is 5.66. The minimum atomic E-state index is -0.249. The molecule has 0 atom stereocenters. The molecule has 1 fully saturated rings. The van der Waals surface area contributed by atoms with Crippen LogP contribution in [0.3, 0.4) is 0 Å². The highest BCUT2D eigenvalue weighted by Crippen LogP contribution is 2.38. The summed E-state index contributed by atoms with van der Waals surface area (Å²) in [6, 6.07) is 4.62. The molecule has 2 aromatic rings. The van der Waals surface area contributed by atoms with Crippen LogP contribution in [0.4, 0.5) is 10.3 Å². The van der Waals surface area contributed by atoms with Crippen molar-refractivity contribution in [2.75, 3.05) is 19.8 Å². The number of likely N-dealkylation sites (N-methyl/N-ethyl adjacent to an activating group) is 1. The third-order valence-corrected chi connectivity index (χ3v) is 4.43. The number of nitrogens with zero attached hydrogens (tertiary/aromatic N) is 3. The summed E-state index contributed by atoms with van der Waals surface area (Å²) in [5.74, 6) is 0.217. The zero-order chi connectivity index (χ0) is 13.6. The minimum Gasteiger partial charge on any atom is -0.369 e. The molecule has 0 bridgehead atoms. The van der Waals surface area contributed by atoms with Crippen molar-refractivity contribution in [1.82, 2.24) is 14.5 Å². The number of benzene rings is 1. The summed E-state index contributed by atoms with van der Waals surface area (Å²) >= 11 is 0. The fourth-order valence-electron chi connectivity index (χ4n) is 2.91. The first-order valence-electron chi connectivity index (χ1n) is 6.61. The monoisotopic (exact) mass is 262 g/mol. The van der Waals surface area contributed by atoms with Gasteiger partial charge in [-0.1, -0.05) is 0 Å². The summed E-state index contributed by atoms with van der Waals surface area (Å²) in [7, 11) is 4.18. The number of halogens is 1. The van der Waals surface area contributed by atoms with E-state index in [0.29, 0.717) is 5.95 Å². The van der Waals surface area contributed by atoms with Gasteiger partial charge < -0.3 is 15.2 Å². The smallest absolute Gasteiger partial charge is 0.201 e. The SMILES string of the molecule is CN(C)C1(Cn2c(N)nc3ccc(F)cc32)CCC1.